The fourth-order valence-corrected chi connectivity index (χ4v) is 2.95. The van der Waals surface area contributed by atoms with E-state index in [1.54, 1.807) is 18.2 Å². The van der Waals surface area contributed by atoms with Crippen molar-refractivity contribution in [1.82, 2.24) is 9.55 Å². The molecule has 0 aliphatic rings. The largest absolute Gasteiger partial charge is 0.493 e. The Balaban J connectivity index is 1.87. The average molecular weight is 424 g/mol. The predicted octanol–water partition coefficient (Wildman–Crippen LogP) is 3.50. The Morgan fingerprint density at radius 2 is 1.90 bits per heavy atom. The van der Waals surface area contributed by atoms with Gasteiger partial charge in [0.25, 0.3) is 0 Å². The number of nitrogens with one attached hydrogen (secondary N) is 1. The van der Waals surface area contributed by atoms with Crippen LogP contribution in [0.1, 0.15) is 22.8 Å². The minimum atomic E-state index is -4.61. The summed E-state index contributed by atoms with van der Waals surface area (Å²) < 4.78 is 53.2. The molecule has 0 fully saturated rings. The molecule has 1 heterocycles. The van der Waals surface area contributed by atoms with Gasteiger partial charge in [0.15, 0.2) is 18.1 Å². The molecular formula is C20H19F3N2O5. The smallest absolute Gasteiger partial charge is 0.422 e. The van der Waals surface area contributed by atoms with Crippen LogP contribution in [0.25, 0.3) is 11.0 Å². The van der Waals surface area contributed by atoms with Crippen LogP contribution in [-0.2, 0) is 11.3 Å². The highest BCUT2D eigenvalue weighted by atomic mass is 19.4. The summed E-state index contributed by atoms with van der Waals surface area (Å²) in [5.74, 6) is -0.0201. The summed E-state index contributed by atoms with van der Waals surface area (Å²) in [6.45, 7) is 0.815. The van der Waals surface area contributed by atoms with Crippen LogP contribution in [-0.4, -0.2) is 42.0 Å². The van der Waals surface area contributed by atoms with E-state index in [0.29, 0.717) is 29.1 Å². The molecule has 0 aliphatic carbocycles. The molecule has 160 valence electrons. The second-order valence-electron chi connectivity index (χ2n) is 6.36. The minimum absolute atomic E-state index is 0.0942. The van der Waals surface area contributed by atoms with Gasteiger partial charge in [-0.1, -0.05) is 6.07 Å². The number of H-pyrrole nitrogens is 1. The van der Waals surface area contributed by atoms with Crippen molar-refractivity contribution in [2.24, 2.45) is 0 Å². The quantitative estimate of drug-likeness (QED) is 0.587. The molecule has 0 saturated heterocycles. The van der Waals surface area contributed by atoms with E-state index in [1.165, 1.54) is 29.9 Å². The van der Waals surface area contributed by atoms with Crippen molar-refractivity contribution in [3.63, 3.8) is 0 Å². The third kappa shape index (κ3) is 4.76. The zero-order chi connectivity index (χ0) is 21.9. The number of hydrogen-bond acceptors (Lipinski definition) is 5. The number of aromatic nitrogens is 2. The summed E-state index contributed by atoms with van der Waals surface area (Å²) >= 11 is 0. The summed E-state index contributed by atoms with van der Waals surface area (Å²) in [4.78, 5) is 26.8. The molecule has 1 aromatic heterocycles. The zero-order valence-electron chi connectivity index (χ0n) is 16.2. The van der Waals surface area contributed by atoms with Gasteiger partial charge in [-0.2, -0.15) is 13.2 Å². The van der Waals surface area contributed by atoms with Crippen LogP contribution in [0.2, 0.25) is 0 Å². The first-order valence-electron chi connectivity index (χ1n) is 8.98. The molecule has 2 aromatic carbocycles. The number of carbonyl (C=O) groups excluding carboxylic acids is 1. The molecule has 0 spiro atoms. The molecule has 0 saturated carbocycles. The standard InChI is InChI=1S/C20H19F3N2O5/c1-3-29-17-8-12(4-7-16(17)28-2)10-25-15-6-5-13(9-14(15)24-19(25)27)18(26)30-11-20(21,22)23/h4-9H,3,10-11H2,1-2H3,(H,24,27). The van der Waals surface area contributed by atoms with Gasteiger partial charge in [0.2, 0.25) is 0 Å². The van der Waals surface area contributed by atoms with Crippen LogP contribution < -0.4 is 15.2 Å². The molecule has 1 N–H and O–H groups in total. The van der Waals surface area contributed by atoms with Gasteiger partial charge >= 0.3 is 17.8 Å². The topological polar surface area (TPSA) is 82.6 Å². The van der Waals surface area contributed by atoms with Crippen LogP contribution >= 0.6 is 0 Å². The minimum Gasteiger partial charge on any atom is -0.493 e. The second-order valence-corrected chi connectivity index (χ2v) is 6.36. The second kappa shape index (κ2) is 8.52. The summed E-state index contributed by atoms with van der Waals surface area (Å²) in [7, 11) is 1.53. The number of fused-ring (bicyclic) bond motifs is 1. The highest BCUT2D eigenvalue weighted by molar-refractivity contribution is 5.93. The van der Waals surface area contributed by atoms with Gasteiger partial charge in [-0.25, -0.2) is 9.59 Å². The van der Waals surface area contributed by atoms with Gasteiger partial charge in [0, 0.05) is 0 Å². The first-order valence-corrected chi connectivity index (χ1v) is 8.98. The van der Waals surface area contributed by atoms with Gasteiger partial charge in [-0.05, 0) is 42.8 Å². The summed E-state index contributed by atoms with van der Waals surface area (Å²) in [5, 5.41) is 0. The van der Waals surface area contributed by atoms with Crippen molar-refractivity contribution in [3.8, 4) is 11.5 Å². The van der Waals surface area contributed by atoms with Gasteiger partial charge in [0.1, 0.15) is 0 Å². The molecule has 0 unspecified atom stereocenters. The fourth-order valence-electron chi connectivity index (χ4n) is 2.95. The number of imidazole rings is 1. The van der Waals surface area contributed by atoms with Crippen molar-refractivity contribution < 1.29 is 32.2 Å². The maximum Gasteiger partial charge on any atom is 0.422 e. The van der Waals surface area contributed by atoms with Crippen molar-refractivity contribution >= 4 is 17.0 Å². The maximum absolute atomic E-state index is 12.4. The lowest BCUT2D eigenvalue weighted by atomic mass is 10.1. The lowest BCUT2D eigenvalue weighted by Gasteiger charge is -2.11. The molecular weight excluding hydrogens is 405 g/mol. The lowest BCUT2D eigenvalue weighted by Crippen LogP contribution is -2.20. The van der Waals surface area contributed by atoms with Gasteiger partial charge in [-0.15, -0.1) is 0 Å². The molecule has 10 heteroatoms. The molecule has 3 aromatic rings. The Bertz CT molecular complexity index is 1120. The van der Waals surface area contributed by atoms with Crippen molar-refractivity contribution in [2.45, 2.75) is 19.6 Å². The monoisotopic (exact) mass is 424 g/mol. The van der Waals surface area contributed by atoms with E-state index in [4.69, 9.17) is 9.47 Å². The summed E-state index contributed by atoms with van der Waals surface area (Å²) in [6.07, 6.45) is -4.61. The molecule has 7 nitrogen and oxygen atoms in total. The fraction of sp³-hybridized carbons (Fsp3) is 0.300. The first-order chi connectivity index (χ1) is 14.2. The number of alkyl halides is 3. The third-order valence-electron chi connectivity index (χ3n) is 4.25. The van der Waals surface area contributed by atoms with E-state index >= 15 is 0 Å². The van der Waals surface area contributed by atoms with Crippen molar-refractivity contribution in [1.29, 1.82) is 0 Å². The number of methoxy groups -OCH3 is 1. The van der Waals surface area contributed by atoms with Crippen LogP contribution in [0, 0.1) is 0 Å². The van der Waals surface area contributed by atoms with Crippen LogP contribution in [0.5, 0.6) is 11.5 Å². The van der Waals surface area contributed by atoms with Crippen molar-refractivity contribution in [2.75, 3.05) is 20.3 Å². The number of carbonyl (C=O) groups is 1. The van der Waals surface area contributed by atoms with Gasteiger partial charge in [0.05, 0.1) is 36.9 Å². The molecule has 0 radical (unpaired) electrons. The van der Waals surface area contributed by atoms with E-state index in [2.05, 4.69) is 9.72 Å². The average Bonchev–Trinajstić information content (AvgIpc) is 3.00. The number of nitrogens with zero attached hydrogens (tertiary/aromatic N) is 1. The Morgan fingerprint density at radius 3 is 2.57 bits per heavy atom. The van der Waals surface area contributed by atoms with Gasteiger partial charge < -0.3 is 19.2 Å². The number of hydrogen-bond donors (Lipinski definition) is 1. The normalized spacial score (nSPS) is 11.5. The highest BCUT2D eigenvalue weighted by Crippen LogP contribution is 2.28. The van der Waals surface area contributed by atoms with E-state index < -0.39 is 24.4 Å². The molecule has 0 atom stereocenters. The first kappa shape index (κ1) is 21.3. The lowest BCUT2D eigenvalue weighted by molar-refractivity contribution is -0.161. The summed E-state index contributed by atoms with van der Waals surface area (Å²) in [6, 6.07) is 9.35. The molecule has 0 aliphatic heterocycles. The summed E-state index contributed by atoms with van der Waals surface area (Å²) in [5.41, 5.74) is 1.04. The van der Waals surface area contributed by atoms with Crippen LogP contribution in [0.4, 0.5) is 13.2 Å². The predicted molar refractivity (Wildman–Crippen MR) is 102 cm³/mol. The Morgan fingerprint density at radius 1 is 1.13 bits per heavy atom. The zero-order valence-corrected chi connectivity index (χ0v) is 16.2. The Kier molecular flexibility index (Phi) is 6.04. The number of aromatic amines is 1. The number of benzene rings is 2. The number of esters is 1. The Hall–Kier alpha value is -3.43. The molecule has 0 amide bonds. The van der Waals surface area contributed by atoms with E-state index in [9.17, 15) is 22.8 Å². The molecule has 3 rings (SSSR count). The van der Waals surface area contributed by atoms with E-state index in [-0.39, 0.29) is 12.1 Å². The van der Waals surface area contributed by atoms with Crippen molar-refractivity contribution in [3.05, 3.63) is 58.0 Å². The van der Waals surface area contributed by atoms with Gasteiger partial charge in [-0.3, -0.25) is 4.57 Å². The van der Waals surface area contributed by atoms with E-state index in [0.717, 1.165) is 5.56 Å². The third-order valence-corrected chi connectivity index (χ3v) is 4.25. The van der Waals surface area contributed by atoms with E-state index in [1.807, 2.05) is 6.92 Å². The molecule has 30 heavy (non-hydrogen) atoms. The molecule has 0 bridgehead atoms. The highest BCUT2D eigenvalue weighted by Gasteiger charge is 2.30. The SMILES string of the molecule is CCOc1cc(Cn2c(=O)[nH]c3cc(C(=O)OCC(F)(F)F)ccc32)ccc1OC. The number of rotatable bonds is 7. The number of ether oxygens (including phenoxy) is 3. The van der Waals surface area contributed by atoms with Crippen LogP contribution in [0.15, 0.2) is 41.2 Å². The number of halogens is 3. The van der Waals surface area contributed by atoms with Crippen LogP contribution in [0.3, 0.4) is 0 Å². The maximum atomic E-state index is 12.4. The Labute approximate surface area is 169 Å².